The van der Waals surface area contributed by atoms with E-state index in [0.29, 0.717) is 0 Å². The molecule has 0 unspecified atom stereocenters. The zero-order valence-corrected chi connectivity index (χ0v) is 9.37. The van der Waals surface area contributed by atoms with Crippen molar-refractivity contribution in [1.29, 1.82) is 5.26 Å². The molecule has 1 aromatic rings. The van der Waals surface area contributed by atoms with E-state index < -0.39 is 17.4 Å². The highest BCUT2D eigenvalue weighted by molar-refractivity contribution is 5.90. The number of carbonyl (C=O) groups excluding carboxylic acids is 1. The number of halogens is 1. The van der Waals surface area contributed by atoms with Gasteiger partial charge >= 0.3 is 5.97 Å². The molecule has 0 bridgehead atoms. The first-order chi connectivity index (χ1) is 7.31. The van der Waals surface area contributed by atoms with Crippen molar-refractivity contribution in [2.75, 3.05) is 0 Å². The van der Waals surface area contributed by atoms with E-state index in [1.807, 2.05) is 0 Å². The molecule has 1 aromatic carbocycles. The van der Waals surface area contributed by atoms with Crippen LogP contribution in [0.3, 0.4) is 0 Å². The summed E-state index contributed by atoms with van der Waals surface area (Å²) in [5.74, 6) is -1.26. The molecule has 0 aliphatic carbocycles. The highest BCUT2D eigenvalue weighted by atomic mass is 19.1. The van der Waals surface area contributed by atoms with Crippen molar-refractivity contribution < 1.29 is 13.9 Å². The highest BCUT2D eigenvalue weighted by Crippen LogP contribution is 2.14. The number of benzene rings is 1. The Bertz CT molecular complexity index is 455. The van der Waals surface area contributed by atoms with E-state index >= 15 is 0 Å². The molecule has 3 nitrogen and oxygen atoms in total. The van der Waals surface area contributed by atoms with Crippen LogP contribution in [0.15, 0.2) is 18.2 Å². The molecule has 0 saturated carbocycles. The van der Waals surface area contributed by atoms with Crippen LogP contribution in [-0.2, 0) is 4.74 Å². The number of nitrogens with zero attached hydrogens (tertiary/aromatic N) is 1. The van der Waals surface area contributed by atoms with Crippen molar-refractivity contribution in [2.45, 2.75) is 26.4 Å². The van der Waals surface area contributed by atoms with Gasteiger partial charge in [0, 0.05) is 0 Å². The lowest BCUT2D eigenvalue weighted by molar-refractivity contribution is 0.00690. The number of rotatable bonds is 1. The summed E-state index contributed by atoms with van der Waals surface area (Å²) in [5.41, 5.74) is -0.497. The molecule has 0 fully saturated rings. The van der Waals surface area contributed by atoms with Crippen molar-refractivity contribution in [3.8, 4) is 6.07 Å². The minimum Gasteiger partial charge on any atom is -0.456 e. The molecule has 0 atom stereocenters. The first kappa shape index (κ1) is 12.2. The predicted molar refractivity (Wildman–Crippen MR) is 56.3 cm³/mol. The molecule has 0 saturated heterocycles. The third-order valence-electron chi connectivity index (χ3n) is 1.66. The van der Waals surface area contributed by atoms with Gasteiger partial charge in [0.1, 0.15) is 11.4 Å². The Kier molecular flexibility index (Phi) is 3.28. The van der Waals surface area contributed by atoms with Crippen LogP contribution in [-0.4, -0.2) is 11.6 Å². The average Bonchev–Trinajstić information content (AvgIpc) is 2.14. The van der Waals surface area contributed by atoms with Crippen LogP contribution in [0.4, 0.5) is 4.39 Å². The Morgan fingerprint density at radius 3 is 2.50 bits per heavy atom. The third kappa shape index (κ3) is 3.35. The van der Waals surface area contributed by atoms with E-state index in [1.165, 1.54) is 6.07 Å². The van der Waals surface area contributed by atoms with E-state index in [9.17, 15) is 9.18 Å². The Hall–Kier alpha value is -1.89. The van der Waals surface area contributed by atoms with Crippen LogP contribution in [0.2, 0.25) is 0 Å². The standard InChI is InChI=1S/C12H12FNO2/c1-12(2,3)16-11(15)9-4-8(7-14)5-10(13)6-9/h4-6H,1-3H3. The molecule has 0 radical (unpaired) electrons. The van der Waals surface area contributed by atoms with Crippen LogP contribution in [0.5, 0.6) is 0 Å². The monoisotopic (exact) mass is 221 g/mol. The summed E-state index contributed by atoms with van der Waals surface area (Å²) in [4.78, 5) is 11.6. The predicted octanol–water partition coefficient (Wildman–Crippen LogP) is 2.65. The summed E-state index contributed by atoms with van der Waals surface area (Å²) < 4.78 is 18.1. The van der Waals surface area contributed by atoms with Crippen molar-refractivity contribution >= 4 is 5.97 Å². The van der Waals surface area contributed by atoms with Gasteiger partial charge in [-0.2, -0.15) is 5.26 Å². The van der Waals surface area contributed by atoms with Crippen LogP contribution < -0.4 is 0 Å². The van der Waals surface area contributed by atoms with E-state index in [4.69, 9.17) is 10.00 Å². The fraction of sp³-hybridized carbons (Fsp3) is 0.333. The van der Waals surface area contributed by atoms with Crippen LogP contribution in [0.25, 0.3) is 0 Å². The molecule has 0 N–H and O–H groups in total. The third-order valence-corrected chi connectivity index (χ3v) is 1.66. The molecule has 16 heavy (non-hydrogen) atoms. The van der Waals surface area contributed by atoms with Gasteiger partial charge in [0.15, 0.2) is 0 Å². The molecule has 0 amide bonds. The zero-order valence-electron chi connectivity index (χ0n) is 9.37. The maximum atomic E-state index is 13.0. The van der Waals surface area contributed by atoms with Gasteiger partial charge in [-0.3, -0.25) is 0 Å². The average molecular weight is 221 g/mol. The van der Waals surface area contributed by atoms with Crippen LogP contribution in [0.1, 0.15) is 36.7 Å². The van der Waals surface area contributed by atoms with Gasteiger partial charge in [-0.15, -0.1) is 0 Å². The van der Waals surface area contributed by atoms with Gasteiger partial charge < -0.3 is 4.74 Å². The molecule has 0 spiro atoms. The first-order valence-electron chi connectivity index (χ1n) is 4.76. The van der Waals surface area contributed by atoms with E-state index in [1.54, 1.807) is 26.8 Å². The molecule has 0 aliphatic heterocycles. The Morgan fingerprint density at radius 1 is 1.38 bits per heavy atom. The summed E-state index contributed by atoms with van der Waals surface area (Å²) in [6.45, 7) is 5.15. The van der Waals surface area contributed by atoms with Crippen molar-refractivity contribution in [3.63, 3.8) is 0 Å². The van der Waals surface area contributed by atoms with E-state index in [-0.39, 0.29) is 11.1 Å². The van der Waals surface area contributed by atoms with Gasteiger partial charge in [0.2, 0.25) is 0 Å². The topological polar surface area (TPSA) is 50.1 Å². The number of hydrogen-bond acceptors (Lipinski definition) is 3. The molecule has 1 rings (SSSR count). The summed E-state index contributed by atoms with van der Waals surface area (Å²) >= 11 is 0. The molecule has 4 heteroatoms. The quantitative estimate of drug-likeness (QED) is 0.685. The molecule has 0 aliphatic rings. The molecule has 0 aromatic heterocycles. The lowest BCUT2D eigenvalue weighted by atomic mass is 10.1. The van der Waals surface area contributed by atoms with Crippen molar-refractivity contribution in [1.82, 2.24) is 0 Å². The minimum atomic E-state index is -0.643. The minimum absolute atomic E-state index is 0.0477. The Labute approximate surface area is 93.5 Å². The highest BCUT2D eigenvalue weighted by Gasteiger charge is 2.18. The molecule has 0 heterocycles. The number of esters is 1. The Morgan fingerprint density at radius 2 is 2.00 bits per heavy atom. The summed E-state index contributed by atoms with van der Waals surface area (Å²) in [6, 6.07) is 5.19. The number of hydrogen-bond donors (Lipinski definition) is 0. The van der Waals surface area contributed by atoms with Gasteiger partial charge in [0.25, 0.3) is 0 Å². The second-order valence-corrected chi connectivity index (χ2v) is 4.34. The maximum Gasteiger partial charge on any atom is 0.338 e. The lowest BCUT2D eigenvalue weighted by Crippen LogP contribution is -2.24. The number of carbonyl (C=O) groups is 1. The maximum absolute atomic E-state index is 13.0. The van der Waals surface area contributed by atoms with Crippen molar-refractivity contribution in [2.24, 2.45) is 0 Å². The van der Waals surface area contributed by atoms with Gasteiger partial charge in [-0.1, -0.05) is 0 Å². The Balaban J connectivity index is 3.01. The van der Waals surface area contributed by atoms with E-state index in [0.717, 1.165) is 12.1 Å². The van der Waals surface area contributed by atoms with Crippen LogP contribution >= 0.6 is 0 Å². The second kappa shape index (κ2) is 4.31. The van der Waals surface area contributed by atoms with E-state index in [2.05, 4.69) is 0 Å². The lowest BCUT2D eigenvalue weighted by Gasteiger charge is -2.19. The fourth-order valence-corrected chi connectivity index (χ4v) is 1.11. The molecular formula is C12H12FNO2. The summed E-state index contributed by atoms with van der Waals surface area (Å²) in [5, 5.41) is 8.63. The first-order valence-corrected chi connectivity index (χ1v) is 4.76. The van der Waals surface area contributed by atoms with Crippen LogP contribution in [0, 0.1) is 17.1 Å². The van der Waals surface area contributed by atoms with Crippen molar-refractivity contribution in [3.05, 3.63) is 35.1 Å². The molecular weight excluding hydrogens is 209 g/mol. The van der Waals surface area contributed by atoms with Gasteiger partial charge in [0.05, 0.1) is 17.2 Å². The fourth-order valence-electron chi connectivity index (χ4n) is 1.11. The SMILES string of the molecule is CC(C)(C)OC(=O)c1cc(F)cc(C#N)c1. The zero-order chi connectivity index (χ0) is 12.3. The number of ether oxygens (including phenoxy) is 1. The molecule has 84 valence electrons. The largest absolute Gasteiger partial charge is 0.456 e. The summed E-state index contributed by atoms with van der Waals surface area (Å²) in [7, 11) is 0. The summed E-state index contributed by atoms with van der Waals surface area (Å²) in [6.07, 6.45) is 0. The second-order valence-electron chi connectivity index (χ2n) is 4.34. The van der Waals surface area contributed by atoms with Gasteiger partial charge in [-0.05, 0) is 39.0 Å². The normalized spacial score (nSPS) is 10.7. The smallest absolute Gasteiger partial charge is 0.338 e. The number of nitriles is 1. The van der Waals surface area contributed by atoms with Gasteiger partial charge in [-0.25, -0.2) is 9.18 Å².